The van der Waals surface area contributed by atoms with E-state index in [4.69, 9.17) is 19.7 Å². The van der Waals surface area contributed by atoms with E-state index in [0.29, 0.717) is 32.3 Å². The van der Waals surface area contributed by atoms with E-state index in [1.165, 1.54) is 11.1 Å². The van der Waals surface area contributed by atoms with Gasteiger partial charge in [-0.05, 0) is 169 Å². The van der Waals surface area contributed by atoms with Crippen LogP contribution >= 0.6 is 39.2 Å². The van der Waals surface area contributed by atoms with Crippen LogP contribution in [0, 0.1) is 27.7 Å². The molecule has 0 amide bonds. The lowest BCUT2D eigenvalue weighted by atomic mass is 9.92. The van der Waals surface area contributed by atoms with Gasteiger partial charge in [0.15, 0.2) is 13.0 Å². The van der Waals surface area contributed by atoms with Gasteiger partial charge in [-0.15, -0.1) is 0 Å². The van der Waals surface area contributed by atoms with Crippen LogP contribution < -0.4 is 10.6 Å². The van der Waals surface area contributed by atoms with Gasteiger partial charge in [-0.25, -0.2) is 25.0 Å². The minimum Gasteiger partial charge on any atom is -0.465 e. The van der Waals surface area contributed by atoms with Gasteiger partial charge in [0.2, 0.25) is 2.86 Å². The number of benzene rings is 3. The zero-order chi connectivity index (χ0) is 55.1. The quantitative estimate of drug-likeness (QED) is 0.0381. The van der Waals surface area contributed by atoms with Gasteiger partial charge in [0.05, 0.1) is 6.61 Å². The molecule has 67 heavy (non-hydrogen) atoms. The molecular formula is C51H84B2O10P2S2. The van der Waals surface area contributed by atoms with E-state index < -0.39 is 25.5 Å². The minimum atomic E-state index is -2.39. The van der Waals surface area contributed by atoms with Gasteiger partial charge < -0.3 is 33.6 Å². The van der Waals surface area contributed by atoms with E-state index in [2.05, 4.69) is 67.2 Å². The summed E-state index contributed by atoms with van der Waals surface area (Å²) in [5, 5.41) is 10.9. The number of aliphatic hydroxyl groups is 2. The summed E-state index contributed by atoms with van der Waals surface area (Å²) < 4.78 is 67.4. The maximum atomic E-state index is 12.5. The first-order chi connectivity index (χ1) is 32.5. The summed E-state index contributed by atoms with van der Waals surface area (Å²) in [5.41, 5.74) is 6.71. The van der Waals surface area contributed by atoms with Gasteiger partial charge in [0.1, 0.15) is 25.5 Å². The summed E-state index contributed by atoms with van der Waals surface area (Å²) in [6, 6.07) is 18.1. The smallest absolute Gasteiger partial charge is 0.306 e. The molecule has 0 saturated carbocycles. The number of aryl methyl sites for hydroxylation is 4. The molecule has 376 valence electrons. The van der Waals surface area contributed by atoms with Crippen molar-refractivity contribution in [3.8, 4) is 0 Å². The highest BCUT2D eigenvalue weighted by molar-refractivity contribution is 8.06. The number of hydrogen-bond acceptors (Lipinski definition) is 12. The molecule has 0 aromatic heterocycles. The van der Waals surface area contributed by atoms with Gasteiger partial charge in [-0.3, -0.25) is 14.4 Å². The molecule has 2 N–H and O–H groups in total. The highest BCUT2D eigenvalue weighted by Crippen LogP contribution is 2.38. The zero-order valence-electron chi connectivity index (χ0n) is 47.3. The fourth-order valence-electron chi connectivity index (χ4n) is 6.91. The Balaban J connectivity index is 0.000000965. The third-order valence-corrected chi connectivity index (χ3v) is 13.6. The van der Waals surface area contributed by atoms with Crippen molar-refractivity contribution >= 4 is 80.8 Å². The zero-order valence-corrected chi connectivity index (χ0v) is 46.9. The molecular weight excluding hydrogens is 920 g/mol. The molecule has 0 unspecified atom stereocenters. The summed E-state index contributed by atoms with van der Waals surface area (Å²) in [7, 11) is -4.64. The summed E-state index contributed by atoms with van der Waals surface area (Å²) in [4.78, 5) is 34.8. The van der Waals surface area contributed by atoms with Crippen LogP contribution in [0.5, 0.6) is 0 Å². The van der Waals surface area contributed by atoms with E-state index in [1.54, 1.807) is 40.3 Å². The van der Waals surface area contributed by atoms with Crippen LogP contribution in [-0.2, 0) is 37.7 Å². The molecule has 0 spiro atoms. The number of aliphatic hydroxyl groups excluding tert-OH is 2. The molecule has 0 aliphatic carbocycles. The maximum Gasteiger partial charge on any atom is 0.306 e. The molecule has 0 radical (unpaired) electrons. The standard InChI is InChI=1S/C18H29O4P.C17H26O3.C14H19O3P.2CH5BS/c1-13-7-8-14(11-16(13)23(5,6)21)15(12-19)9-10-17(20)22-18(2,3)4;1-12-6-7-14(10-13(12)2)15(11-18)8-9-16(19)20-17(3,4)5;1-10-4-5-11(8-13(10)18(2,3)16)12-6-7-14(15)17-9-12;2*1-2-3/h7-8,11,15,19H,9-10,12H2,1-6H3;6-7,10,15,18H,8-9,11H2,1-5H3;4-5,8,12H,6-7,9H2,1-3H3;2*2-3H,1H3/t2*15-;12-;;/m111../s1/i19T;18T;;2*2D. The van der Waals surface area contributed by atoms with Crippen LogP contribution in [-0.4, -0.2) is 104 Å². The van der Waals surface area contributed by atoms with Gasteiger partial charge in [0.25, 0.3) is 0 Å². The van der Waals surface area contributed by atoms with Gasteiger partial charge >= 0.3 is 17.9 Å². The van der Waals surface area contributed by atoms with Crippen LogP contribution in [0.1, 0.15) is 137 Å². The molecule has 0 bridgehead atoms. The third-order valence-electron chi connectivity index (χ3n) is 10.4. The van der Waals surface area contributed by atoms with E-state index in [0.717, 1.165) is 44.8 Å². The normalized spacial score (nSPS) is 15.4. The van der Waals surface area contributed by atoms with Crippen LogP contribution in [0.3, 0.4) is 0 Å². The number of hydrogen-bond donors (Lipinski definition) is 4. The molecule has 1 saturated heterocycles. The molecule has 16 heteroatoms. The van der Waals surface area contributed by atoms with Crippen molar-refractivity contribution < 1.29 is 47.9 Å². The number of esters is 3. The monoisotopic (exact) mass is 1010 g/mol. The summed E-state index contributed by atoms with van der Waals surface area (Å²) in [5.74, 6) is -0.415. The maximum absolute atomic E-state index is 12.5. The van der Waals surface area contributed by atoms with E-state index in [1.807, 2.05) is 91.8 Å². The van der Waals surface area contributed by atoms with Gasteiger partial charge in [-0.1, -0.05) is 56.1 Å². The molecule has 3 aromatic carbocycles. The first-order valence-corrected chi connectivity index (χ1v) is 29.1. The van der Waals surface area contributed by atoms with Crippen molar-refractivity contribution in [1.29, 1.82) is 5.53 Å². The largest absolute Gasteiger partial charge is 0.465 e. The van der Waals surface area contributed by atoms with Crippen LogP contribution in [0.15, 0.2) is 54.6 Å². The van der Waals surface area contributed by atoms with Crippen molar-refractivity contribution in [2.24, 2.45) is 0 Å². The Hall–Kier alpha value is -2.72. The average Bonchev–Trinajstić information content (AvgIpc) is 3.21. The second-order valence-electron chi connectivity index (χ2n) is 19.5. The summed E-state index contributed by atoms with van der Waals surface area (Å²) in [6.07, 6.45) is 3.02. The molecule has 1 aliphatic rings. The molecule has 3 atom stereocenters. The topological polar surface area (TPSA) is 154 Å². The predicted molar refractivity (Wildman–Crippen MR) is 293 cm³/mol. The van der Waals surface area contributed by atoms with E-state index in [-0.39, 0.29) is 68.3 Å². The number of rotatable bonds is 15. The minimum absolute atomic E-state index is 0.0364. The van der Waals surface area contributed by atoms with Crippen LogP contribution in [0.2, 0.25) is 13.6 Å². The fourth-order valence-corrected chi connectivity index (χ4v) is 9.67. The molecule has 1 fully saturated rings. The molecule has 10 nitrogen and oxygen atoms in total. The fraction of sp³-hybridized carbons (Fsp3) is 0.588. The van der Waals surface area contributed by atoms with Crippen LogP contribution in [0.25, 0.3) is 0 Å². The van der Waals surface area contributed by atoms with E-state index >= 15 is 0 Å². The molecule has 1 heterocycles. The van der Waals surface area contributed by atoms with Crippen molar-refractivity contribution in [2.75, 3.05) is 46.5 Å². The molecule has 1 aliphatic heterocycles. The Labute approximate surface area is 422 Å². The van der Waals surface area contributed by atoms with Crippen molar-refractivity contribution in [3.63, 3.8) is 0 Å². The Kier molecular flexibility index (Phi) is 26.1. The summed E-state index contributed by atoms with van der Waals surface area (Å²) in [6.45, 7) is 30.1. The average molecular weight is 1010 g/mol. The predicted octanol–water partition coefficient (Wildman–Crippen LogP) is 10.2. The first kappa shape index (κ1) is 56.9. The van der Waals surface area contributed by atoms with E-state index in [9.17, 15) is 23.5 Å². The third kappa shape index (κ3) is 26.7. The highest BCUT2D eigenvalue weighted by Gasteiger charge is 2.25. The number of ether oxygens (including phenoxy) is 3. The highest BCUT2D eigenvalue weighted by atomic mass is 32.1. The number of carbonyl (C=O) groups is 3. The lowest BCUT2D eigenvalue weighted by Crippen LogP contribution is -2.24. The molecule has 4 rings (SSSR count). The number of thiol groups is 2. The number of cyclic esters (lactones) is 1. The SMILES string of the molecule is Cc1ccc([C@@H]2CCC(=O)OC2)cc1P(C)(C)=O.[2H]B(C)S.[2H]B(C)S.[3H]OC[C@@H](CCC(=O)OC(C)(C)C)c1ccc(C)c(C)c1.[3H]OC[C@@H](CCC(=O)OC(C)(C)C)c1ccc(C)c(P(C)(C)=O)c1. The lowest BCUT2D eigenvalue weighted by molar-refractivity contribution is -0.156. The number of carbonyl (C=O) groups excluding carboxylic acids is 3. The van der Waals surface area contributed by atoms with Gasteiger partial charge in [-0.2, -0.15) is 0 Å². The summed E-state index contributed by atoms with van der Waals surface area (Å²) >= 11 is 7.27. The Morgan fingerprint density at radius 3 is 1.52 bits per heavy atom. The van der Waals surface area contributed by atoms with Crippen LogP contribution in [0.4, 0.5) is 0 Å². The molecule has 3 aromatic rings. The Morgan fingerprint density at radius 1 is 0.746 bits per heavy atom. The van der Waals surface area contributed by atoms with Crippen molar-refractivity contribution in [1.82, 2.24) is 0 Å². The Morgan fingerprint density at radius 2 is 1.15 bits per heavy atom. The van der Waals surface area contributed by atoms with Gasteiger partial charge in [0, 0.05) is 60.8 Å². The Bertz CT molecular complexity index is 2190. The van der Waals surface area contributed by atoms with Crippen molar-refractivity contribution in [3.05, 3.63) is 93.5 Å². The van der Waals surface area contributed by atoms with Crippen molar-refractivity contribution in [2.45, 2.75) is 150 Å². The second kappa shape index (κ2) is 30.8. The second-order valence-corrected chi connectivity index (χ2v) is 26.9. The first-order valence-electron chi connectivity index (χ1n) is 24.8. The lowest BCUT2D eigenvalue weighted by Gasteiger charge is -2.23.